The van der Waals surface area contributed by atoms with Gasteiger partial charge in [0.25, 0.3) is 10.0 Å². The summed E-state index contributed by atoms with van der Waals surface area (Å²) >= 11 is 7.27. The molecule has 4 nitrogen and oxygen atoms in total. The van der Waals surface area contributed by atoms with Crippen LogP contribution in [0.25, 0.3) is 0 Å². The molecule has 0 aromatic heterocycles. The predicted octanol–water partition coefficient (Wildman–Crippen LogP) is 4.26. The van der Waals surface area contributed by atoms with Crippen LogP contribution in [0, 0.1) is 0 Å². The van der Waals surface area contributed by atoms with E-state index in [0.717, 1.165) is 0 Å². The first-order valence-electron chi connectivity index (χ1n) is 6.55. The third kappa shape index (κ3) is 4.09. The number of benzene rings is 2. The van der Waals surface area contributed by atoms with Crippen LogP contribution >= 0.6 is 23.4 Å². The molecule has 0 bridgehead atoms. The summed E-state index contributed by atoms with van der Waals surface area (Å²) in [4.78, 5) is 0.809. The van der Waals surface area contributed by atoms with Gasteiger partial charge in [-0.2, -0.15) is 0 Å². The Morgan fingerprint density at radius 2 is 1.86 bits per heavy atom. The molecule has 2 rings (SSSR count). The Labute approximate surface area is 139 Å². The Kier molecular flexibility index (Phi) is 5.61. The first-order valence-corrected chi connectivity index (χ1v) is 9.64. The minimum Gasteiger partial charge on any atom is -0.494 e. The Hall–Kier alpha value is -1.37. The van der Waals surface area contributed by atoms with Crippen molar-refractivity contribution in [2.75, 3.05) is 17.6 Å². The van der Waals surface area contributed by atoms with Crippen molar-refractivity contribution in [1.29, 1.82) is 0 Å². The largest absolute Gasteiger partial charge is 0.494 e. The normalized spacial score (nSPS) is 11.2. The van der Waals surface area contributed by atoms with Crippen molar-refractivity contribution >= 4 is 39.1 Å². The van der Waals surface area contributed by atoms with Crippen LogP contribution < -0.4 is 9.46 Å². The van der Waals surface area contributed by atoms with Crippen LogP contribution in [0.1, 0.15) is 6.92 Å². The van der Waals surface area contributed by atoms with Crippen molar-refractivity contribution in [1.82, 2.24) is 0 Å². The van der Waals surface area contributed by atoms with E-state index in [0.29, 0.717) is 28.0 Å². The van der Waals surface area contributed by atoms with Crippen LogP contribution in [-0.2, 0) is 10.0 Å². The van der Waals surface area contributed by atoms with E-state index in [-0.39, 0.29) is 4.90 Å². The lowest BCUT2D eigenvalue weighted by molar-refractivity contribution is 0.340. The summed E-state index contributed by atoms with van der Waals surface area (Å²) in [5.74, 6) is 0.693. The van der Waals surface area contributed by atoms with E-state index in [1.807, 2.05) is 13.2 Å². The Morgan fingerprint density at radius 1 is 1.18 bits per heavy atom. The molecule has 0 radical (unpaired) electrons. The molecule has 0 atom stereocenters. The average Bonchev–Trinajstić information content (AvgIpc) is 2.49. The van der Waals surface area contributed by atoms with Crippen molar-refractivity contribution in [2.45, 2.75) is 16.7 Å². The van der Waals surface area contributed by atoms with Crippen LogP contribution in [0.5, 0.6) is 5.75 Å². The zero-order valence-corrected chi connectivity index (χ0v) is 14.6. The summed E-state index contributed by atoms with van der Waals surface area (Å²) in [7, 11) is -3.70. The molecule has 7 heteroatoms. The third-order valence-corrected chi connectivity index (χ3v) is 5.41. The van der Waals surface area contributed by atoms with Gasteiger partial charge in [0.1, 0.15) is 10.6 Å². The van der Waals surface area contributed by atoms with Crippen molar-refractivity contribution in [3.63, 3.8) is 0 Å². The molecule has 0 unspecified atom stereocenters. The number of halogens is 1. The molecule has 22 heavy (non-hydrogen) atoms. The molecule has 0 heterocycles. The quantitative estimate of drug-likeness (QED) is 0.785. The van der Waals surface area contributed by atoms with Crippen LogP contribution in [0.15, 0.2) is 52.3 Å². The molecule has 118 valence electrons. The Morgan fingerprint density at radius 3 is 2.45 bits per heavy atom. The lowest BCUT2D eigenvalue weighted by atomic mass is 10.3. The van der Waals surface area contributed by atoms with Crippen molar-refractivity contribution in [3.05, 3.63) is 47.5 Å². The molecule has 2 aromatic rings. The zero-order valence-electron chi connectivity index (χ0n) is 12.2. The SMILES string of the molecule is CCOc1ccc(NS(=O)(=O)c2cc(Cl)ccc2SC)cc1. The number of sulfonamides is 1. The summed E-state index contributed by atoms with van der Waals surface area (Å²) in [5.41, 5.74) is 0.468. The van der Waals surface area contributed by atoms with Gasteiger partial charge in [0, 0.05) is 15.6 Å². The Balaban J connectivity index is 2.29. The topological polar surface area (TPSA) is 55.4 Å². The number of thioether (sulfide) groups is 1. The molecule has 0 spiro atoms. The van der Waals surface area contributed by atoms with Gasteiger partial charge in [-0.15, -0.1) is 11.8 Å². The van der Waals surface area contributed by atoms with Crippen LogP contribution in [0.4, 0.5) is 5.69 Å². The highest BCUT2D eigenvalue weighted by Crippen LogP contribution is 2.29. The summed E-state index contributed by atoms with van der Waals surface area (Å²) in [6.07, 6.45) is 1.82. The van der Waals surface area contributed by atoms with Crippen molar-refractivity contribution in [3.8, 4) is 5.75 Å². The first-order chi connectivity index (χ1) is 10.5. The highest BCUT2D eigenvalue weighted by Gasteiger charge is 2.19. The van der Waals surface area contributed by atoms with E-state index in [4.69, 9.17) is 16.3 Å². The molecule has 0 fully saturated rings. The highest BCUT2D eigenvalue weighted by molar-refractivity contribution is 7.99. The molecule has 2 aromatic carbocycles. The van der Waals surface area contributed by atoms with Crippen LogP contribution in [0.3, 0.4) is 0 Å². The second kappa shape index (κ2) is 7.26. The van der Waals surface area contributed by atoms with Gasteiger partial charge in [-0.3, -0.25) is 4.72 Å². The zero-order chi connectivity index (χ0) is 16.2. The summed E-state index contributed by atoms with van der Waals surface area (Å²) < 4.78 is 32.9. The van der Waals surface area contributed by atoms with E-state index >= 15 is 0 Å². The monoisotopic (exact) mass is 357 g/mol. The fourth-order valence-electron chi connectivity index (χ4n) is 1.86. The lowest BCUT2D eigenvalue weighted by Gasteiger charge is -2.12. The number of rotatable bonds is 6. The van der Waals surface area contributed by atoms with E-state index in [2.05, 4.69) is 4.72 Å². The molecule has 0 saturated carbocycles. The number of hydrogen-bond donors (Lipinski definition) is 1. The third-order valence-electron chi connectivity index (χ3n) is 2.83. The van der Waals surface area contributed by atoms with Crippen LogP contribution in [0.2, 0.25) is 5.02 Å². The van der Waals surface area contributed by atoms with Crippen LogP contribution in [-0.4, -0.2) is 21.3 Å². The second-order valence-electron chi connectivity index (χ2n) is 4.36. The fraction of sp³-hybridized carbons (Fsp3) is 0.200. The molecular weight excluding hydrogens is 342 g/mol. The molecule has 1 N–H and O–H groups in total. The highest BCUT2D eigenvalue weighted by atomic mass is 35.5. The first kappa shape index (κ1) is 17.0. The summed E-state index contributed by atoms with van der Waals surface area (Å²) in [6.45, 7) is 2.45. The van der Waals surface area contributed by atoms with E-state index in [1.165, 1.54) is 17.8 Å². The molecular formula is C15H16ClNO3S2. The van der Waals surface area contributed by atoms with Crippen molar-refractivity contribution in [2.24, 2.45) is 0 Å². The minimum absolute atomic E-state index is 0.168. The molecule has 0 aliphatic rings. The smallest absolute Gasteiger partial charge is 0.263 e. The van der Waals surface area contributed by atoms with E-state index in [9.17, 15) is 8.42 Å². The predicted molar refractivity (Wildman–Crippen MR) is 91.7 cm³/mol. The maximum Gasteiger partial charge on any atom is 0.263 e. The van der Waals surface area contributed by atoms with Crippen molar-refractivity contribution < 1.29 is 13.2 Å². The number of nitrogens with one attached hydrogen (secondary N) is 1. The summed E-state index contributed by atoms with van der Waals surface area (Å²) in [6, 6.07) is 11.6. The summed E-state index contributed by atoms with van der Waals surface area (Å²) in [5, 5.41) is 0.380. The van der Waals surface area contributed by atoms with E-state index in [1.54, 1.807) is 36.4 Å². The molecule has 0 amide bonds. The maximum absolute atomic E-state index is 12.5. The average molecular weight is 358 g/mol. The minimum atomic E-state index is -3.70. The van der Waals surface area contributed by atoms with Gasteiger partial charge in [-0.25, -0.2) is 8.42 Å². The lowest BCUT2D eigenvalue weighted by Crippen LogP contribution is -2.14. The Bertz CT molecular complexity index is 746. The van der Waals surface area contributed by atoms with Gasteiger partial charge in [0.2, 0.25) is 0 Å². The maximum atomic E-state index is 12.5. The van der Waals surface area contributed by atoms with Gasteiger partial charge in [-0.05, 0) is 55.6 Å². The molecule has 0 saturated heterocycles. The standard InChI is InChI=1S/C15H16ClNO3S2/c1-3-20-13-7-5-12(6-8-13)17-22(18,19)15-10-11(16)4-9-14(15)21-2/h4-10,17H,3H2,1-2H3. The van der Waals surface area contributed by atoms with Gasteiger partial charge in [0.15, 0.2) is 0 Å². The molecule has 0 aliphatic heterocycles. The number of anilines is 1. The number of ether oxygens (including phenoxy) is 1. The molecule has 0 aliphatic carbocycles. The number of hydrogen-bond acceptors (Lipinski definition) is 4. The van der Waals surface area contributed by atoms with Gasteiger partial charge < -0.3 is 4.74 Å². The fourth-order valence-corrected chi connectivity index (χ4v) is 4.31. The van der Waals surface area contributed by atoms with Gasteiger partial charge >= 0.3 is 0 Å². The van der Waals surface area contributed by atoms with Gasteiger partial charge in [0.05, 0.1) is 6.61 Å². The van der Waals surface area contributed by atoms with Gasteiger partial charge in [-0.1, -0.05) is 11.6 Å². The second-order valence-corrected chi connectivity index (χ2v) is 7.29. The van der Waals surface area contributed by atoms with E-state index < -0.39 is 10.0 Å².